The molecular weight excluding hydrogens is 180 g/mol. The first-order valence-corrected chi connectivity index (χ1v) is 4.89. The Kier molecular flexibility index (Phi) is 1.99. The molecule has 0 unspecified atom stereocenters. The number of urea groups is 1. The zero-order chi connectivity index (χ0) is 10.3. The molecule has 2 N–H and O–H groups in total. The molecule has 0 aromatic rings. The Morgan fingerprint density at radius 1 is 1.36 bits per heavy atom. The van der Waals surface area contributed by atoms with E-state index in [9.17, 15) is 4.79 Å². The van der Waals surface area contributed by atoms with Gasteiger partial charge in [0.1, 0.15) is 11.4 Å². The first-order chi connectivity index (χ1) is 6.56. The van der Waals surface area contributed by atoms with Gasteiger partial charge in [0.15, 0.2) is 0 Å². The third-order valence-corrected chi connectivity index (χ3v) is 3.46. The van der Waals surface area contributed by atoms with Crippen LogP contribution >= 0.6 is 0 Å². The number of rotatable bonds is 0. The number of amides is 2. The second kappa shape index (κ2) is 2.95. The zero-order valence-electron chi connectivity index (χ0n) is 8.63. The van der Waals surface area contributed by atoms with Gasteiger partial charge in [0.25, 0.3) is 0 Å². The second-order valence-electron chi connectivity index (χ2n) is 4.20. The number of piperidine rings is 1. The van der Waals surface area contributed by atoms with Crippen molar-refractivity contribution in [2.24, 2.45) is 0 Å². The number of hydrogen-bond donors (Lipinski definition) is 2. The maximum absolute atomic E-state index is 11.4. The van der Waals surface area contributed by atoms with Gasteiger partial charge in [-0.1, -0.05) is 0 Å². The maximum atomic E-state index is 11.4. The highest BCUT2D eigenvalue weighted by molar-refractivity contribution is 6.08. The van der Waals surface area contributed by atoms with E-state index in [1.54, 1.807) is 11.9 Å². The summed E-state index contributed by atoms with van der Waals surface area (Å²) in [6.45, 7) is 1.89. The summed E-state index contributed by atoms with van der Waals surface area (Å²) < 4.78 is 0. The lowest BCUT2D eigenvalue weighted by atomic mass is 9.86. The predicted octanol–water partition coefficient (Wildman–Crippen LogP) is 0.0831. The van der Waals surface area contributed by atoms with E-state index < -0.39 is 0 Å². The summed E-state index contributed by atoms with van der Waals surface area (Å²) in [5.41, 5.74) is -0.344. The van der Waals surface area contributed by atoms with Crippen LogP contribution in [0.1, 0.15) is 12.8 Å². The molecule has 14 heavy (non-hydrogen) atoms. The molecular formula is C9H16N4O. The Morgan fingerprint density at radius 2 is 1.93 bits per heavy atom. The quantitative estimate of drug-likeness (QED) is 0.576. The number of amidine groups is 1. The molecule has 78 valence electrons. The van der Waals surface area contributed by atoms with Crippen LogP contribution in [0.3, 0.4) is 0 Å². The van der Waals surface area contributed by atoms with Gasteiger partial charge in [-0.3, -0.25) is 10.7 Å². The summed E-state index contributed by atoms with van der Waals surface area (Å²) in [7, 11) is 3.85. The normalized spacial score (nSPS) is 27.1. The minimum absolute atomic E-state index is 0.139. The molecule has 2 saturated heterocycles. The number of carbonyl (C=O) groups excluding carboxylic acids is 1. The van der Waals surface area contributed by atoms with E-state index in [1.807, 2.05) is 0 Å². The Balaban J connectivity index is 2.22. The highest BCUT2D eigenvalue weighted by atomic mass is 16.2. The Morgan fingerprint density at radius 3 is 2.36 bits per heavy atom. The maximum Gasteiger partial charge on any atom is 0.323 e. The molecule has 0 aliphatic carbocycles. The molecule has 0 radical (unpaired) electrons. The van der Waals surface area contributed by atoms with Crippen molar-refractivity contribution in [1.82, 2.24) is 15.1 Å². The third-order valence-electron chi connectivity index (χ3n) is 3.46. The molecule has 2 heterocycles. The summed E-state index contributed by atoms with van der Waals surface area (Å²) in [6, 6.07) is -0.139. The number of likely N-dealkylation sites (tertiary alicyclic amines) is 1. The molecule has 2 aliphatic rings. The van der Waals surface area contributed by atoms with Crippen molar-refractivity contribution < 1.29 is 4.79 Å². The number of hydrogen-bond acceptors (Lipinski definition) is 3. The SMILES string of the molecule is CN1CCC2(CC1)C(=N)NC(=O)N2C. The summed E-state index contributed by atoms with van der Waals surface area (Å²) in [6.07, 6.45) is 1.72. The second-order valence-corrected chi connectivity index (χ2v) is 4.20. The molecule has 0 aromatic heterocycles. The molecule has 0 aromatic carbocycles. The van der Waals surface area contributed by atoms with Crippen LogP contribution in [-0.4, -0.2) is 54.4 Å². The van der Waals surface area contributed by atoms with Gasteiger partial charge in [-0.15, -0.1) is 0 Å². The van der Waals surface area contributed by atoms with Crippen LogP contribution in [-0.2, 0) is 0 Å². The van der Waals surface area contributed by atoms with Crippen molar-refractivity contribution in [3.8, 4) is 0 Å². The van der Waals surface area contributed by atoms with Gasteiger partial charge in [-0.2, -0.15) is 0 Å². The molecule has 0 saturated carbocycles. The van der Waals surface area contributed by atoms with E-state index in [0.29, 0.717) is 5.84 Å². The van der Waals surface area contributed by atoms with E-state index in [-0.39, 0.29) is 11.6 Å². The molecule has 0 atom stereocenters. The molecule has 2 aliphatic heterocycles. The molecule has 1 spiro atoms. The Labute approximate surface area is 83.6 Å². The average molecular weight is 196 g/mol. The van der Waals surface area contributed by atoms with Gasteiger partial charge in [0.2, 0.25) is 0 Å². The third kappa shape index (κ3) is 1.12. The first kappa shape index (κ1) is 9.45. The van der Waals surface area contributed by atoms with E-state index in [4.69, 9.17) is 5.41 Å². The van der Waals surface area contributed by atoms with E-state index in [0.717, 1.165) is 25.9 Å². The number of carbonyl (C=O) groups is 1. The van der Waals surface area contributed by atoms with Gasteiger partial charge in [0, 0.05) is 20.1 Å². The molecule has 2 rings (SSSR count). The van der Waals surface area contributed by atoms with Crippen LogP contribution in [0.4, 0.5) is 4.79 Å². The van der Waals surface area contributed by atoms with Crippen molar-refractivity contribution in [3.05, 3.63) is 0 Å². The van der Waals surface area contributed by atoms with Gasteiger partial charge >= 0.3 is 6.03 Å². The van der Waals surface area contributed by atoms with Crippen molar-refractivity contribution in [2.75, 3.05) is 27.2 Å². The highest BCUT2D eigenvalue weighted by Gasteiger charge is 2.49. The molecule has 5 heteroatoms. The van der Waals surface area contributed by atoms with Gasteiger partial charge in [-0.05, 0) is 19.9 Å². The summed E-state index contributed by atoms with van der Waals surface area (Å²) in [5.74, 6) is 0.373. The monoisotopic (exact) mass is 196 g/mol. The smallest absolute Gasteiger partial charge is 0.315 e. The van der Waals surface area contributed by atoms with Crippen molar-refractivity contribution in [2.45, 2.75) is 18.4 Å². The standard InChI is InChI=1S/C9H16N4O/c1-12-5-3-9(4-6-12)7(10)11-8(14)13(9)2/h3-6H2,1-2H3,(H2,10,11,14). The fraction of sp³-hybridized carbons (Fsp3) is 0.778. The van der Waals surface area contributed by atoms with E-state index in [2.05, 4.69) is 17.3 Å². The minimum atomic E-state index is -0.344. The topological polar surface area (TPSA) is 59.4 Å². The summed E-state index contributed by atoms with van der Waals surface area (Å²) in [4.78, 5) is 15.3. The van der Waals surface area contributed by atoms with Crippen LogP contribution in [0.25, 0.3) is 0 Å². The largest absolute Gasteiger partial charge is 0.323 e. The molecule has 0 bridgehead atoms. The fourth-order valence-electron chi connectivity index (χ4n) is 2.24. The number of nitrogens with one attached hydrogen (secondary N) is 2. The van der Waals surface area contributed by atoms with Crippen LogP contribution < -0.4 is 5.32 Å². The lowest BCUT2D eigenvalue weighted by molar-refractivity contribution is 0.132. The Bertz CT molecular complexity index is 281. The summed E-state index contributed by atoms with van der Waals surface area (Å²) in [5, 5.41) is 10.4. The fourth-order valence-corrected chi connectivity index (χ4v) is 2.24. The molecule has 5 nitrogen and oxygen atoms in total. The number of nitrogens with zero attached hydrogens (tertiary/aromatic N) is 2. The number of likely N-dealkylation sites (N-methyl/N-ethyl adjacent to an activating group) is 1. The van der Waals surface area contributed by atoms with E-state index in [1.165, 1.54) is 0 Å². The highest BCUT2D eigenvalue weighted by Crippen LogP contribution is 2.31. The van der Waals surface area contributed by atoms with Crippen LogP contribution in [0.2, 0.25) is 0 Å². The first-order valence-electron chi connectivity index (χ1n) is 4.89. The molecule has 2 fully saturated rings. The lowest BCUT2D eigenvalue weighted by Gasteiger charge is -2.40. The van der Waals surface area contributed by atoms with Crippen LogP contribution in [0.15, 0.2) is 0 Å². The predicted molar refractivity (Wildman–Crippen MR) is 53.5 cm³/mol. The van der Waals surface area contributed by atoms with Gasteiger partial charge in [0.05, 0.1) is 0 Å². The van der Waals surface area contributed by atoms with Gasteiger partial charge in [-0.25, -0.2) is 4.79 Å². The minimum Gasteiger partial charge on any atom is -0.315 e. The van der Waals surface area contributed by atoms with Crippen LogP contribution in [0.5, 0.6) is 0 Å². The van der Waals surface area contributed by atoms with Crippen molar-refractivity contribution in [3.63, 3.8) is 0 Å². The summed E-state index contributed by atoms with van der Waals surface area (Å²) >= 11 is 0. The van der Waals surface area contributed by atoms with Crippen molar-refractivity contribution in [1.29, 1.82) is 5.41 Å². The Hall–Kier alpha value is -1.10. The average Bonchev–Trinajstić information content (AvgIpc) is 2.36. The zero-order valence-corrected chi connectivity index (χ0v) is 8.63. The van der Waals surface area contributed by atoms with Gasteiger partial charge < -0.3 is 9.80 Å². The van der Waals surface area contributed by atoms with Crippen LogP contribution in [0, 0.1) is 5.41 Å². The van der Waals surface area contributed by atoms with E-state index >= 15 is 0 Å². The lowest BCUT2D eigenvalue weighted by Crippen LogP contribution is -2.54. The molecule has 2 amide bonds. The van der Waals surface area contributed by atoms with Crippen molar-refractivity contribution >= 4 is 11.9 Å².